The third-order valence-electron chi connectivity index (χ3n) is 3.26. The normalized spacial score (nSPS) is 28.7. The lowest BCUT2D eigenvalue weighted by atomic mass is 9.71. The highest BCUT2D eigenvalue weighted by Gasteiger charge is 2.36. The Morgan fingerprint density at radius 2 is 2.00 bits per heavy atom. The SMILES string of the molecule is CC1(C(=O)N=[N+]=[N-])CCC(CN=[N+]=[N-])CC1. The van der Waals surface area contributed by atoms with Gasteiger partial charge in [0.15, 0.2) is 0 Å². The van der Waals surface area contributed by atoms with Crippen LogP contribution in [-0.2, 0) is 4.79 Å². The highest BCUT2D eigenvalue weighted by Crippen LogP contribution is 2.39. The van der Waals surface area contributed by atoms with Gasteiger partial charge in [0.2, 0.25) is 5.91 Å². The van der Waals surface area contributed by atoms with Gasteiger partial charge in [-0.1, -0.05) is 12.0 Å². The second-order valence-electron chi connectivity index (χ2n) is 4.41. The van der Waals surface area contributed by atoms with Crippen LogP contribution in [0.2, 0.25) is 0 Å². The molecule has 1 saturated carbocycles. The van der Waals surface area contributed by atoms with Crippen molar-refractivity contribution in [1.29, 1.82) is 0 Å². The molecule has 0 bridgehead atoms. The van der Waals surface area contributed by atoms with Crippen LogP contribution in [0.15, 0.2) is 10.2 Å². The van der Waals surface area contributed by atoms with Crippen molar-refractivity contribution in [3.63, 3.8) is 0 Å². The summed E-state index contributed by atoms with van der Waals surface area (Å²) in [6.07, 6.45) is 3.05. The smallest absolute Gasteiger partial charge is 0.224 e. The van der Waals surface area contributed by atoms with E-state index in [1.165, 1.54) is 0 Å². The Labute approximate surface area is 93.1 Å². The van der Waals surface area contributed by atoms with Crippen LogP contribution in [0.3, 0.4) is 0 Å². The molecule has 7 heteroatoms. The zero-order chi connectivity index (χ0) is 12.0. The first-order valence-corrected chi connectivity index (χ1v) is 5.23. The van der Waals surface area contributed by atoms with Gasteiger partial charge in [-0.25, -0.2) is 0 Å². The average molecular weight is 222 g/mol. The van der Waals surface area contributed by atoms with E-state index in [9.17, 15) is 4.79 Å². The molecule has 86 valence electrons. The van der Waals surface area contributed by atoms with E-state index in [-0.39, 0.29) is 5.91 Å². The number of hydrogen-bond donors (Lipinski definition) is 0. The molecule has 1 aliphatic carbocycles. The second-order valence-corrected chi connectivity index (χ2v) is 4.41. The molecule has 0 aromatic carbocycles. The van der Waals surface area contributed by atoms with Crippen molar-refractivity contribution < 1.29 is 4.79 Å². The predicted molar refractivity (Wildman–Crippen MR) is 58.2 cm³/mol. The number of azide groups is 2. The predicted octanol–water partition coefficient (Wildman–Crippen LogP) is 3.33. The maximum atomic E-state index is 11.5. The molecule has 0 heterocycles. The maximum Gasteiger partial charge on any atom is 0.224 e. The lowest BCUT2D eigenvalue weighted by molar-refractivity contribution is -0.128. The summed E-state index contributed by atoms with van der Waals surface area (Å²) in [5, 5.41) is 6.70. The van der Waals surface area contributed by atoms with Gasteiger partial charge in [-0.2, -0.15) is 0 Å². The summed E-state index contributed by atoms with van der Waals surface area (Å²) in [5.74, 6) is -0.0277. The Kier molecular flexibility index (Phi) is 4.17. The number of rotatable bonds is 3. The van der Waals surface area contributed by atoms with E-state index >= 15 is 0 Å². The zero-order valence-electron chi connectivity index (χ0n) is 9.20. The number of carbonyl (C=O) groups is 1. The standard InChI is InChI=1S/C9H14N6O/c1-9(8(16)13-15-11)4-2-7(3-5-9)6-12-14-10/h7H,2-6H2,1H3. The fourth-order valence-electron chi connectivity index (χ4n) is 2.02. The fraction of sp³-hybridized carbons (Fsp3) is 0.889. The van der Waals surface area contributed by atoms with Crippen molar-refractivity contribution >= 4 is 5.91 Å². The molecule has 0 aromatic heterocycles. The number of amides is 1. The molecule has 0 radical (unpaired) electrons. The van der Waals surface area contributed by atoms with Gasteiger partial charge in [0.25, 0.3) is 0 Å². The first kappa shape index (κ1) is 12.4. The van der Waals surface area contributed by atoms with Crippen molar-refractivity contribution in [2.45, 2.75) is 32.6 Å². The molecule has 0 unspecified atom stereocenters. The van der Waals surface area contributed by atoms with E-state index in [0.29, 0.717) is 25.3 Å². The third kappa shape index (κ3) is 2.89. The molecule has 1 fully saturated rings. The molecule has 0 spiro atoms. The van der Waals surface area contributed by atoms with Crippen molar-refractivity contribution in [3.05, 3.63) is 20.9 Å². The summed E-state index contributed by atoms with van der Waals surface area (Å²) in [6.45, 7) is 2.32. The minimum atomic E-state index is -0.529. The number of nitrogens with zero attached hydrogens (tertiary/aromatic N) is 6. The molecular weight excluding hydrogens is 208 g/mol. The van der Waals surface area contributed by atoms with Gasteiger partial charge in [0.1, 0.15) is 0 Å². The molecule has 1 amide bonds. The summed E-state index contributed by atoms with van der Waals surface area (Å²) < 4.78 is 0. The quantitative estimate of drug-likeness (QED) is 0.406. The van der Waals surface area contributed by atoms with Crippen molar-refractivity contribution in [2.75, 3.05) is 6.54 Å². The van der Waals surface area contributed by atoms with Crippen LogP contribution in [0.1, 0.15) is 32.6 Å². The first-order chi connectivity index (χ1) is 7.62. The van der Waals surface area contributed by atoms with Gasteiger partial charge >= 0.3 is 0 Å². The molecule has 1 aliphatic rings. The Morgan fingerprint density at radius 1 is 1.38 bits per heavy atom. The van der Waals surface area contributed by atoms with E-state index in [0.717, 1.165) is 12.8 Å². The van der Waals surface area contributed by atoms with Gasteiger partial charge in [-0.15, -0.1) is 0 Å². The molecule has 0 saturated heterocycles. The Balaban J connectivity index is 2.55. The highest BCUT2D eigenvalue weighted by atomic mass is 16.2. The van der Waals surface area contributed by atoms with Crippen LogP contribution in [0.4, 0.5) is 0 Å². The monoisotopic (exact) mass is 222 g/mol. The minimum absolute atomic E-state index is 0.350. The van der Waals surface area contributed by atoms with Gasteiger partial charge < -0.3 is 0 Å². The molecule has 0 N–H and O–H groups in total. The lowest BCUT2D eigenvalue weighted by Gasteiger charge is -2.34. The lowest BCUT2D eigenvalue weighted by Crippen LogP contribution is -2.32. The molecule has 1 rings (SSSR count). The van der Waals surface area contributed by atoms with Crippen LogP contribution in [0.5, 0.6) is 0 Å². The van der Waals surface area contributed by atoms with E-state index in [4.69, 9.17) is 11.1 Å². The van der Waals surface area contributed by atoms with Crippen LogP contribution in [0.25, 0.3) is 20.9 Å². The van der Waals surface area contributed by atoms with Crippen molar-refractivity contribution in [2.24, 2.45) is 21.6 Å². The summed E-state index contributed by atoms with van der Waals surface area (Å²) >= 11 is 0. The molecule has 0 aromatic rings. The van der Waals surface area contributed by atoms with E-state index in [1.54, 1.807) is 0 Å². The van der Waals surface area contributed by atoms with Crippen LogP contribution >= 0.6 is 0 Å². The maximum absolute atomic E-state index is 11.5. The van der Waals surface area contributed by atoms with E-state index in [2.05, 4.69) is 20.1 Å². The molecule has 16 heavy (non-hydrogen) atoms. The average Bonchev–Trinajstić information content (AvgIpc) is 2.29. The van der Waals surface area contributed by atoms with Gasteiger partial charge in [0, 0.05) is 21.8 Å². The largest absolute Gasteiger partial charge is 0.292 e. The fourth-order valence-corrected chi connectivity index (χ4v) is 2.02. The Morgan fingerprint density at radius 3 is 2.50 bits per heavy atom. The summed E-state index contributed by atoms with van der Waals surface area (Å²) in [5.41, 5.74) is 15.9. The van der Waals surface area contributed by atoms with Gasteiger partial charge in [-0.05, 0) is 47.8 Å². The van der Waals surface area contributed by atoms with Crippen molar-refractivity contribution in [3.8, 4) is 0 Å². The third-order valence-corrected chi connectivity index (χ3v) is 3.26. The molecule has 7 nitrogen and oxygen atoms in total. The Hall–Kier alpha value is -1.71. The molecule has 0 atom stereocenters. The topological polar surface area (TPSA) is 115 Å². The second kappa shape index (κ2) is 5.39. The number of carbonyl (C=O) groups excluding carboxylic acids is 1. The summed E-state index contributed by atoms with van der Waals surface area (Å²) in [4.78, 5) is 16.8. The first-order valence-electron chi connectivity index (χ1n) is 5.23. The summed E-state index contributed by atoms with van der Waals surface area (Å²) in [7, 11) is 0. The van der Waals surface area contributed by atoms with Crippen LogP contribution < -0.4 is 0 Å². The van der Waals surface area contributed by atoms with Crippen molar-refractivity contribution in [1.82, 2.24) is 0 Å². The molecule has 0 aliphatic heterocycles. The molecular formula is C9H14N6O. The number of hydrogen-bond acceptors (Lipinski definition) is 2. The van der Waals surface area contributed by atoms with Gasteiger partial charge in [0.05, 0.1) is 0 Å². The zero-order valence-corrected chi connectivity index (χ0v) is 9.20. The van der Waals surface area contributed by atoms with E-state index in [1.807, 2.05) is 6.92 Å². The van der Waals surface area contributed by atoms with Crippen LogP contribution in [0, 0.1) is 11.3 Å². The highest BCUT2D eigenvalue weighted by molar-refractivity contribution is 5.83. The van der Waals surface area contributed by atoms with E-state index < -0.39 is 5.41 Å². The van der Waals surface area contributed by atoms with Gasteiger partial charge in [-0.3, -0.25) is 4.79 Å². The minimum Gasteiger partial charge on any atom is -0.292 e. The Bertz CT molecular complexity index is 358. The summed E-state index contributed by atoms with van der Waals surface area (Å²) in [6, 6.07) is 0. The van der Waals surface area contributed by atoms with Crippen LogP contribution in [-0.4, -0.2) is 12.5 Å².